The van der Waals surface area contributed by atoms with Crippen LogP contribution in [0.15, 0.2) is 12.2 Å². The van der Waals surface area contributed by atoms with Crippen LogP contribution in [-0.4, -0.2) is 11.4 Å². The molecule has 3 heteroatoms. The van der Waals surface area contributed by atoms with Crippen LogP contribution in [0.5, 0.6) is 0 Å². The summed E-state index contributed by atoms with van der Waals surface area (Å²) < 4.78 is 0. The van der Waals surface area contributed by atoms with Crippen LogP contribution in [0.2, 0.25) is 0 Å². The molecule has 0 spiro atoms. The van der Waals surface area contributed by atoms with Gasteiger partial charge < -0.3 is 11.5 Å². The molecule has 0 aromatic heterocycles. The predicted molar refractivity (Wildman–Crippen MR) is 92.4 cm³/mol. The zero-order chi connectivity index (χ0) is 16.2. The molecule has 4 N–H and O–H groups in total. The lowest BCUT2D eigenvalue weighted by Gasteiger charge is -2.59. The fourth-order valence-electron chi connectivity index (χ4n) is 7.19. The lowest BCUT2D eigenvalue weighted by atomic mass is 9.47. The minimum atomic E-state index is -0.173. The Bertz CT molecular complexity index is 530. The molecule has 3 saturated carbocycles. The Labute approximate surface area is 140 Å². The molecule has 0 aromatic rings. The van der Waals surface area contributed by atoms with Crippen LogP contribution in [-0.2, 0) is 4.79 Å². The van der Waals surface area contributed by atoms with Gasteiger partial charge in [0, 0.05) is 12.0 Å². The van der Waals surface area contributed by atoms with Crippen molar-refractivity contribution < 1.29 is 4.79 Å². The second-order valence-electron chi connectivity index (χ2n) is 9.09. The first-order valence-electron chi connectivity index (χ1n) is 9.70. The normalized spacial score (nSPS) is 51.7. The van der Waals surface area contributed by atoms with Gasteiger partial charge in [0.2, 0.25) is 5.91 Å². The molecule has 4 rings (SSSR count). The zero-order valence-electron chi connectivity index (χ0n) is 14.5. The molecule has 7 atom stereocenters. The SMILES string of the molecule is C[C@]12C=CCCC1CC[C@@H]1[C@@H]2CC[C@]2(N)C(CC(N)=O)CC[C@@H]12. The Morgan fingerprint density at radius 3 is 2.74 bits per heavy atom. The van der Waals surface area contributed by atoms with Gasteiger partial charge >= 0.3 is 0 Å². The average molecular weight is 316 g/mol. The van der Waals surface area contributed by atoms with E-state index in [1.807, 2.05) is 0 Å². The number of hydrogen-bond donors (Lipinski definition) is 2. The van der Waals surface area contributed by atoms with Gasteiger partial charge in [0.15, 0.2) is 0 Å². The Balaban J connectivity index is 1.61. The highest BCUT2D eigenvalue weighted by atomic mass is 16.1. The van der Waals surface area contributed by atoms with E-state index in [0.717, 1.165) is 30.6 Å². The minimum absolute atomic E-state index is 0.127. The number of nitrogens with two attached hydrogens (primary N) is 2. The van der Waals surface area contributed by atoms with Crippen LogP contribution >= 0.6 is 0 Å². The monoisotopic (exact) mass is 316 g/mol. The molecule has 0 aliphatic heterocycles. The molecule has 4 aliphatic rings. The highest BCUT2D eigenvalue weighted by molar-refractivity contribution is 5.74. The molecular weight excluding hydrogens is 284 g/mol. The van der Waals surface area contributed by atoms with E-state index < -0.39 is 0 Å². The third-order valence-corrected chi connectivity index (χ3v) is 8.33. The van der Waals surface area contributed by atoms with Gasteiger partial charge in [0.25, 0.3) is 0 Å². The van der Waals surface area contributed by atoms with Crippen LogP contribution in [0.25, 0.3) is 0 Å². The number of rotatable bonds is 2. The van der Waals surface area contributed by atoms with Gasteiger partial charge in [0.1, 0.15) is 0 Å². The van der Waals surface area contributed by atoms with Crippen LogP contribution in [0.4, 0.5) is 0 Å². The van der Waals surface area contributed by atoms with E-state index in [0.29, 0.717) is 23.7 Å². The molecule has 0 aromatic carbocycles. The van der Waals surface area contributed by atoms with Gasteiger partial charge in [-0.2, -0.15) is 0 Å². The summed E-state index contributed by atoms with van der Waals surface area (Å²) in [5.74, 6) is 3.19. The third kappa shape index (κ3) is 2.22. The van der Waals surface area contributed by atoms with E-state index in [1.165, 1.54) is 38.5 Å². The number of primary amides is 1. The molecular formula is C20H32N2O. The van der Waals surface area contributed by atoms with Crippen molar-refractivity contribution >= 4 is 5.91 Å². The van der Waals surface area contributed by atoms with Crippen molar-refractivity contribution in [2.45, 2.75) is 70.3 Å². The topological polar surface area (TPSA) is 69.1 Å². The molecule has 3 nitrogen and oxygen atoms in total. The van der Waals surface area contributed by atoms with Crippen molar-refractivity contribution in [1.82, 2.24) is 0 Å². The third-order valence-electron chi connectivity index (χ3n) is 8.33. The molecule has 3 fully saturated rings. The van der Waals surface area contributed by atoms with Crippen molar-refractivity contribution in [2.24, 2.45) is 46.5 Å². The van der Waals surface area contributed by atoms with Crippen LogP contribution in [0.1, 0.15) is 64.7 Å². The second-order valence-corrected chi connectivity index (χ2v) is 9.09. The molecule has 4 aliphatic carbocycles. The number of amides is 1. The Kier molecular flexibility index (Phi) is 3.64. The summed E-state index contributed by atoms with van der Waals surface area (Å²) in [6, 6.07) is 0. The first-order chi connectivity index (χ1) is 10.9. The van der Waals surface area contributed by atoms with E-state index in [2.05, 4.69) is 19.1 Å². The Hall–Kier alpha value is -0.830. The maximum atomic E-state index is 11.5. The van der Waals surface area contributed by atoms with Crippen molar-refractivity contribution in [3.8, 4) is 0 Å². The fourth-order valence-corrected chi connectivity index (χ4v) is 7.19. The summed E-state index contributed by atoms with van der Waals surface area (Å²) >= 11 is 0. The van der Waals surface area contributed by atoms with E-state index in [4.69, 9.17) is 11.5 Å². The molecule has 128 valence electrons. The summed E-state index contributed by atoms with van der Waals surface area (Å²) in [6.07, 6.45) is 15.5. The molecule has 0 saturated heterocycles. The van der Waals surface area contributed by atoms with E-state index >= 15 is 0 Å². The number of allylic oxidation sites excluding steroid dienone is 2. The van der Waals surface area contributed by atoms with Gasteiger partial charge in [-0.05, 0) is 86.4 Å². The summed E-state index contributed by atoms with van der Waals surface area (Å²) in [7, 11) is 0. The maximum absolute atomic E-state index is 11.5. The maximum Gasteiger partial charge on any atom is 0.217 e. The quantitative estimate of drug-likeness (QED) is 0.767. The number of hydrogen-bond acceptors (Lipinski definition) is 2. The summed E-state index contributed by atoms with van der Waals surface area (Å²) in [5, 5.41) is 0. The van der Waals surface area contributed by atoms with Crippen molar-refractivity contribution in [2.75, 3.05) is 0 Å². The van der Waals surface area contributed by atoms with E-state index in [9.17, 15) is 4.79 Å². The largest absolute Gasteiger partial charge is 0.370 e. The lowest BCUT2D eigenvalue weighted by molar-refractivity contribution is -0.120. The van der Waals surface area contributed by atoms with Crippen LogP contribution in [0.3, 0.4) is 0 Å². The molecule has 0 radical (unpaired) electrons. The summed E-state index contributed by atoms with van der Waals surface area (Å²) in [6.45, 7) is 2.52. The minimum Gasteiger partial charge on any atom is -0.370 e. The molecule has 1 amide bonds. The molecule has 0 bridgehead atoms. The van der Waals surface area contributed by atoms with Gasteiger partial charge in [-0.3, -0.25) is 4.79 Å². The Morgan fingerprint density at radius 2 is 1.96 bits per heavy atom. The van der Waals surface area contributed by atoms with Gasteiger partial charge in [-0.25, -0.2) is 0 Å². The van der Waals surface area contributed by atoms with Gasteiger partial charge in [0.05, 0.1) is 0 Å². The summed E-state index contributed by atoms with van der Waals surface area (Å²) in [5.41, 5.74) is 12.7. The Morgan fingerprint density at radius 1 is 1.13 bits per heavy atom. The van der Waals surface area contributed by atoms with Crippen LogP contribution in [0, 0.1) is 35.0 Å². The number of fused-ring (bicyclic) bond motifs is 5. The standard InChI is InChI=1S/C20H32N2O/c1-19-10-3-2-4-13(19)5-7-15-16(19)9-11-20(22)14(12-18(21)23)6-8-17(15)20/h3,10,13-17H,2,4-9,11-12,22H2,1H3,(H2,21,23)/t13?,14?,15-,16+,17+,19+,20+/m1/s1. The van der Waals surface area contributed by atoms with Crippen molar-refractivity contribution in [3.05, 3.63) is 12.2 Å². The average Bonchev–Trinajstić information content (AvgIpc) is 2.83. The summed E-state index contributed by atoms with van der Waals surface area (Å²) in [4.78, 5) is 11.5. The van der Waals surface area contributed by atoms with E-state index in [1.54, 1.807) is 0 Å². The number of carbonyl (C=O) groups excluding carboxylic acids is 1. The van der Waals surface area contributed by atoms with Crippen molar-refractivity contribution in [1.29, 1.82) is 0 Å². The zero-order valence-corrected chi connectivity index (χ0v) is 14.5. The highest BCUT2D eigenvalue weighted by Gasteiger charge is 2.59. The lowest BCUT2D eigenvalue weighted by Crippen LogP contribution is -2.59. The van der Waals surface area contributed by atoms with Gasteiger partial charge in [-0.15, -0.1) is 0 Å². The smallest absolute Gasteiger partial charge is 0.217 e. The predicted octanol–water partition coefficient (Wildman–Crippen LogP) is 3.38. The molecule has 23 heavy (non-hydrogen) atoms. The first kappa shape index (κ1) is 15.7. The number of carbonyl (C=O) groups is 1. The second kappa shape index (κ2) is 5.34. The van der Waals surface area contributed by atoms with Crippen molar-refractivity contribution in [3.63, 3.8) is 0 Å². The van der Waals surface area contributed by atoms with Crippen LogP contribution < -0.4 is 11.5 Å². The molecule has 2 unspecified atom stereocenters. The fraction of sp³-hybridized carbons (Fsp3) is 0.850. The molecule has 0 heterocycles. The van der Waals surface area contributed by atoms with E-state index in [-0.39, 0.29) is 11.4 Å². The first-order valence-corrected chi connectivity index (χ1v) is 9.70. The van der Waals surface area contributed by atoms with Gasteiger partial charge in [-0.1, -0.05) is 19.1 Å². The highest BCUT2D eigenvalue weighted by Crippen LogP contribution is 2.63.